The predicted molar refractivity (Wildman–Crippen MR) is 66.6 cm³/mol. The minimum Gasteiger partial charge on any atom is -0.396 e. The maximum atomic E-state index is 8.53. The van der Waals surface area contributed by atoms with Gasteiger partial charge in [-0.2, -0.15) is 0 Å². The highest BCUT2D eigenvalue weighted by Gasteiger charge is 1.82. The second-order valence-electron chi connectivity index (χ2n) is 3.69. The van der Waals surface area contributed by atoms with E-state index in [1.165, 1.54) is 19.3 Å². The number of hydrogen-bond donors (Lipinski definition) is 1. The molecule has 0 aromatic heterocycles. The largest absolute Gasteiger partial charge is 0.396 e. The fraction of sp³-hybridized carbons (Fsp3) is 0.714. The van der Waals surface area contributed by atoms with Crippen LogP contribution in [-0.2, 0) is 0 Å². The number of unbranched alkanes of at least 4 members (excludes halogenated alkanes) is 5. The van der Waals surface area contributed by atoms with E-state index >= 15 is 0 Å². The molecule has 0 atom stereocenters. The third-order valence-electron chi connectivity index (χ3n) is 2.15. The first-order valence-electron chi connectivity index (χ1n) is 6.13. The molecule has 0 saturated carbocycles. The molecule has 0 aromatic carbocycles. The predicted octanol–water partition coefficient (Wildman–Crippen LogP) is 3.68. The van der Waals surface area contributed by atoms with E-state index in [2.05, 4.69) is 30.9 Å². The summed E-state index contributed by atoms with van der Waals surface area (Å²) in [7, 11) is 0. The molecule has 0 aliphatic heterocycles. The fourth-order valence-corrected chi connectivity index (χ4v) is 1.21. The first-order valence-corrected chi connectivity index (χ1v) is 6.13. The average Bonchev–Trinajstić information content (AvgIpc) is 2.26. The Morgan fingerprint density at radius 2 is 1.53 bits per heavy atom. The molecule has 1 heteroatoms. The molecule has 86 valence electrons. The van der Waals surface area contributed by atoms with Crippen molar-refractivity contribution in [3.05, 3.63) is 12.2 Å². The van der Waals surface area contributed by atoms with Gasteiger partial charge >= 0.3 is 0 Å². The molecule has 1 nitrogen and oxygen atoms in total. The summed E-state index contributed by atoms with van der Waals surface area (Å²) >= 11 is 0. The Hall–Kier alpha value is -0.740. The molecular weight excluding hydrogens is 184 g/mol. The Labute approximate surface area is 94.6 Å². The quantitative estimate of drug-likeness (QED) is 0.366. The highest BCUT2D eigenvalue weighted by atomic mass is 16.2. The lowest BCUT2D eigenvalue weighted by atomic mass is 10.2. The van der Waals surface area contributed by atoms with Gasteiger partial charge in [-0.1, -0.05) is 31.9 Å². The lowest BCUT2D eigenvalue weighted by molar-refractivity contribution is 0.290. The van der Waals surface area contributed by atoms with E-state index in [-0.39, 0.29) is 6.61 Å². The molecule has 0 radical (unpaired) electrons. The Kier molecular flexibility index (Phi) is 12.6. The number of aliphatic hydroxyl groups is 1. The van der Waals surface area contributed by atoms with E-state index < -0.39 is 0 Å². The van der Waals surface area contributed by atoms with Crippen molar-refractivity contribution in [3.63, 3.8) is 0 Å². The molecule has 0 heterocycles. The molecule has 0 fully saturated rings. The average molecular weight is 208 g/mol. The van der Waals surface area contributed by atoms with E-state index in [0.29, 0.717) is 0 Å². The minimum absolute atomic E-state index is 0.259. The van der Waals surface area contributed by atoms with Crippen LogP contribution in [0.4, 0.5) is 0 Å². The van der Waals surface area contributed by atoms with Crippen molar-refractivity contribution in [2.75, 3.05) is 6.61 Å². The van der Waals surface area contributed by atoms with E-state index in [1.807, 2.05) is 0 Å². The van der Waals surface area contributed by atoms with Crippen molar-refractivity contribution in [2.45, 2.75) is 58.3 Å². The maximum absolute atomic E-state index is 8.53. The third-order valence-corrected chi connectivity index (χ3v) is 2.15. The number of aliphatic hydroxyl groups excluding tert-OH is 1. The van der Waals surface area contributed by atoms with Gasteiger partial charge in [-0.05, 0) is 25.7 Å². The van der Waals surface area contributed by atoms with E-state index in [0.717, 1.165) is 32.1 Å². The van der Waals surface area contributed by atoms with Crippen molar-refractivity contribution >= 4 is 0 Å². The normalized spacial score (nSPS) is 10.3. The van der Waals surface area contributed by atoms with Crippen LogP contribution in [-0.4, -0.2) is 11.7 Å². The zero-order valence-electron chi connectivity index (χ0n) is 9.97. The lowest BCUT2D eigenvalue weighted by Gasteiger charge is -1.90. The summed E-state index contributed by atoms with van der Waals surface area (Å²) in [4.78, 5) is 0. The first kappa shape index (κ1) is 14.3. The van der Waals surface area contributed by atoms with Gasteiger partial charge in [0, 0.05) is 19.4 Å². The summed E-state index contributed by atoms with van der Waals surface area (Å²) < 4.78 is 0. The van der Waals surface area contributed by atoms with Gasteiger partial charge in [-0.15, -0.1) is 11.8 Å². The van der Waals surface area contributed by atoms with Gasteiger partial charge in [0.2, 0.25) is 0 Å². The standard InChI is InChI=1S/C14H24O/c1-2-3-4-5-6-7-8-9-10-11-12-13-14-15/h5-6,15H,2-4,7-9,12-14H2,1H3/b6-5+. The highest BCUT2D eigenvalue weighted by Crippen LogP contribution is 1.99. The number of allylic oxidation sites excluding steroid dienone is 2. The molecule has 0 rings (SSSR count). The van der Waals surface area contributed by atoms with Crippen LogP contribution in [0.1, 0.15) is 58.3 Å². The molecule has 0 spiro atoms. The Bertz CT molecular complexity index is 195. The SMILES string of the molecule is CCCC/C=C/CCCC#CCCCO. The summed E-state index contributed by atoms with van der Waals surface area (Å²) in [6, 6.07) is 0. The Balaban J connectivity index is 3.15. The monoisotopic (exact) mass is 208 g/mol. The van der Waals surface area contributed by atoms with Gasteiger partial charge in [0.1, 0.15) is 0 Å². The zero-order valence-corrected chi connectivity index (χ0v) is 9.97. The molecular formula is C14H24O. The lowest BCUT2D eigenvalue weighted by Crippen LogP contribution is -1.78. The van der Waals surface area contributed by atoms with Crippen LogP contribution in [0.2, 0.25) is 0 Å². The Morgan fingerprint density at radius 3 is 2.13 bits per heavy atom. The minimum atomic E-state index is 0.259. The summed E-state index contributed by atoms with van der Waals surface area (Å²) in [5.74, 6) is 6.19. The van der Waals surface area contributed by atoms with Gasteiger partial charge in [0.15, 0.2) is 0 Å². The molecule has 0 saturated heterocycles. The molecule has 15 heavy (non-hydrogen) atoms. The van der Waals surface area contributed by atoms with E-state index in [1.54, 1.807) is 0 Å². The smallest absolute Gasteiger partial charge is 0.0440 e. The van der Waals surface area contributed by atoms with Crippen molar-refractivity contribution < 1.29 is 5.11 Å². The van der Waals surface area contributed by atoms with Crippen LogP contribution >= 0.6 is 0 Å². The second kappa shape index (κ2) is 13.3. The van der Waals surface area contributed by atoms with Crippen LogP contribution in [0.15, 0.2) is 12.2 Å². The van der Waals surface area contributed by atoms with Crippen molar-refractivity contribution in [1.29, 1.82) is 0 Å². The molecule has 0 aliphatic carbocycles. The molecule has 0 bridgehead atoms. The molecule has 0 aromatic rings. The van der Waals surface area contributed by atoms with Crippen LogP contribution in [0, 0.1) is 11.8 Å². The molecule has 0 aliphatic rings. The highest BCUT2D eigenvalue weighted by molar-refractivity contribution is 4.98. The van der Waals surface area contributed by atoms with Crippen LogP contribution in [0.3, 0.4) is 0 Å². The van der Waals surface area contributed by atoms with Crippen LogP contribution in [0.5, 0.6) is 0 Å². The van der Waals surface area contributed by atoms with Crippen LogP contribution < -0.4 is 0 Å². The number of rotatable bonds is 8. The van der Waals surface area contributed by atoms with Gasteiger partial charge in [-0.3, -0.25) is 0 Å². The topological polar surface area (TPSA) is 20.2 Å². The first-order chi connectivity index (χ1) is 7.41. The van der Waals surface area contributed by atoms with Crippen molar-refractivity contribution in [3.8, 4) is 11.8 Å². The molecule has 0 unspecified atom stereocenters. The number of hydrogen-bond acceptors (Lipinski definition) is 1. The summed E-state index contributed by atoms with van der Waals surface area (Å²) in [6.07, 6.45) is 13.3. The van der Waals surface area contributed by atoms with Gasteiger partial charge in [0.25, 0.3) is 0 Å². The third kappa shape index (κ3) is 13.3. The summed E-state index contributed by atoms with van der Waals surface area (Å²) in [5, 5.41) is 8.53. The van der Waals surface area contributed by atoms with E-state index in [9.17, 15) is 0 Å². The van der Waals surface area contributed by atoms with Gasteiger partial charge in [0.05, 0.1) is 0 Å². The van der Waals surface area contributed by atoms with Crippen molar-refractivity contribution in [2.24, 2.45) is 0 Å². The fourth-order valence-electron chi connectivity index (χ4n) is 1.21. The van der Waals surface area contributed by atoms with Crippen LogP contribution in [0.25, 0.3) is 0 Å². The van der Waals surface area contributed by atoms with Crippen molar-refractivity contribution in [1.82, 2.24) is 0 Å². The molecule has 0 amide bonds. The Morgan fingerprint density at radius 1 is 0.933 bits per heavy atom. The van der Waals surface area contributed by atoms with Gasteiger partial charge < -0.3 is 5.11 Å². The van der Waals surface area contributed by atoms with E-state index in [4.69, 9.17) is 5.11 Å². The second-order valence-corrected chi connectivity index (χ2v) is 3.69. The van der Waals surface area contributed by atoms with Gasteiger partial charge in [-0.25, -0.2) is 0 Å². The summed E-state index contributed by atoms with van der Waals surface area (Å²) in [5.41, 5.74) is 0. The molecule has 1 N–H and O–H groups in total. The summed E-state index contributed by atoms with van der Waals surface area (Å²) in [6.45, 7) is 2.48. The maximum Gasteiger partial charge on any atom is 0.0440 e. The zero-order chi connectivity index (χ0) is 11.2.